The van der Waals surface area contributed by atoms with Crippen molar-refractivity contribution in [2.24, 2.45) is 0 Å². The van der Waals surface area contributed by atoms with Crippen molar-refractivity contribution < 1.29 is 14.7 Å². The number of aromatic nitrogens is 1. The first-order valence-electron chi connectivity index (χ1n) is 15.1. The summed E-state index contributed by atoms with van der Waals surface area (Å²) in [6.07, 6.45) is 0.879. The van der Waals surface area contributed by atoms with Crippen LogP contribution >= 0.6 is 11.3 Å². The molecule has 3 N–H and O–H groups in total. The maximum absolute atomic E-state index is 13.6. The van der Waals surface area contributed by atoms with Gasteiger partial charge in [-0.3, -0.25) is 9.59 Å². The van der Waals surface area contributed by atoms with Crippen LogP contribution in [0, 0.1) is 6.92 Å². The van der Waals surface area contributed by atoms with E-state index in [1.54, 1.807) is 42.5 Å². The van der Waals surface area contributed by atoms with Crippen molar-refractivity contribution in [3.05, 3.63) is 117 Å². The van der Waals surface area contributed by atoms with Gasteiger partial charge >= 0.3 is 0 Å². The Balaban J connectivity index is 1.27. The lowest BCUT2D eigenvalue weighted by molar-refractivity contribution is 0.0733. The largest absolute Gasteiger partial charge is 0.389 e. The fourth-order valence-corrected chi connectivity index (χ4v) is 6.63. The minimum Gasteiger partial charge on any atom is -0.389 e. The molecular formula is C35H41N5O3S. The van der Waals surface area contributed by atoms with Gasteiger partial charge in [-0.15, -0.1) is 11.3 Å². The van der Waals surface area contributed by atoms with E-state index in [2.05, 4.69) is 38.7 Å². The van der Waals surface area contributed by atoms with E-state index in [1.165, 1.54) is 0 Å². The first kappa shape index (κ1) is 31.4. The second-order valence-corrected chi connectivity index (χ2v) is 12.5. The van der Waals surface area contributed by atoms with Gasteiger partial charge in [-0.1, -0.05) is 48.5 Å². The highest BCUT2D eigenvalue weighted by Gasteiger charge is 2.33. The van der Waals surface area contributed by atoms with Gasteiger partial charge in [0.05, 0.1) is 24.2 Å². The highest BCUT2D eigenvalue weighted by Crippen LogP contribution is 2.35. The molecule has 9 heteroatoms. The quantitative estimate of drug-likeness (QED) is 0.207. The van der Waals surface area contributed by atoms with E-state index >= 15 is 0 Å². The Morgan fingerprint density at radius 3 is 2.52 bits per heavy atom. The summed E-state index contributed by atoms with van der Waals surface area (Å²) in [6, 6.07) is 23.8. The van der Waals surface area contributed by atoms with Crippen LogP contribution < -0.4 is 15.5 Å². The molecule has 2 amide bonds. The number of aliphatic hydroxyl groups excluding tert-OH is 1. The first-order chi connectivity index (χ1) is 21.2. The predicted octanol–water partition coefficient (Wildman–Crippen LogP) is 5.51. The Morgan fingerprint density at radius 1 is 1.05 bits per heavy atom. The topological polar surface area (TPSA) is 97.8 Å². The average molecular weight is 612 g/mol. The number of hydrogen-bond acceptors (Lipinski definition) is 7. The molecule has 230 valence electrons. The zero-order valence-electron chi connectivity index (χ0n) is 25.7. The minimum absolute atomic E-state index is 0.0402. The molecule has 0 spiro atoms. The number of likely N-dealkylation sites (tertiary alicyclic amines) is 1. The van der Waals surface area contributed by atoms with E-state index in [0.717, 1.165) is 40.4 Å². The second kappa shape index (κ2) is 14.2. The first-order valence-corrected chi connectivity index (χ1v) is 16.0. The second-order valence-electron chi connectivity index (χ2n) is 11.7. The molecule has 1 aliphatic heterocycles. The summed E-state index contributed by atoms with van der Waals surface area (Å²) >= 11 is 1.59. The molecular weight excluding hydrogens is 570 g/mol. The highest BCUT2D eigenvalue weighted by atomic mass is 32.1. The van der Waals surface area contributed by atoms with Crippen molar-refractivity contribution in [2.75, 3.05) is 25.5 Å². The zero-order chi connectivity index (χ0) is 31.2. The zero-order valence-corrected chi connectivity index (χ0v) is 26.6. The summed E-state index contributed by atoms with van der Waals surface area (Å²) < 4.78 is 0. The lowest BCUT2D eigenvalue weighted by atomic mass is 9.96. The summed E-state index contributed by atoms with van der Waals surface area (Å²) in [5.74, 6) is -0.444. The average Bonchev–Trinajstić information content (AvgIpc) is 3.70. The van der Waals surface area contributed by atoms with Gasteiger partial charge in [0.15, 0.2) is 0 Å². The van der Waals surface area contributed by atoms with E-state index < -0.39 is 18.2 Å². The smallest absolute Gasteiger partial charge is 0.254 e. The summed E-state index contributed by atoms with van der Waals surface area (Å²) in [5, 5.41) is 21.0. The third kappa shape index (κ3) is 7.35. The fraction of sp³-hybridized carbons (Fsp3) is 0.343. The summed E-state index contributed by atoms with van der Waals surface area (Å²) in [5.41, 5.74) is 4.92. The van der Waals surface area contributed by atoms with Crippen molar-refractivity contribution in [3.8, 4) is 0 Å². The van der Waals surface area contributed by atoms with Crippen LogP contribution in [0.3, 0.4) is 0 Å². The van der Waals surface area contributed by atoms with Crippen molar-refractivity contribution in [1.82, 2.24) is 20.5 Å². The van der Waals surface area contributed by atoms with Crippen LogP contribution in [0.2, 0.25) is 0 Å². The SMILES string of the molecule is Cc1csc(C2CCCN2C(=O)c2cccc(C(=O)NC(C)C(O)C(NCc3cccc(N(C)C)c3)c3ccccc3)c2)n1. The van der Waals surface area contributed by atoms with Crippen LogP contribution in [0.5, 0.6) is 0 Å². The van der Waals surface area contributed by atoms with Gasteiger partial charge in [0.1, 0.15) is 5.01 Å². The highest BCUT2D eigenvalue weighted by molar-refractivity contribution is 7.09. The number of aliphatic hydroxyl groups is 1. The molecule has 2 heterocycles. The van der Waals surface area contributed by atoms with Crippen LogP contribution in [0.25, 0.3) is 0 Å². The Hall–Kier alpha value is -4.05. The molecule has 0 aliphatic carbocycles. The van der Waals surface area contributed by atoms with E-state index in [0.29, 0.717) is 24.2 Å². The van der Waals surface area contributed by atoms with Gasteiger partial charge in [-0.05, 0) is 68.1 Å². The van der Waals surface area contributed by atoms with E-state index in [4.69, 9.17) is 0 Å². The third-order valence-electron chi connectivity index (χ3n) is 8.13. The van der Waals surface area contributed by atoms with Crippen LogP contribution in [0.1, 0.15) is 74.4 Å². The molecule has 1 fully saturated rings. The normalized spacial score (nSPS) is 16.8. The van der Waals surface area contributed by atoms with Crippen LogP contribution in [0.4, 0.5) is 5.69 Å². The number of carbonyl (C=O) groups is 2. The number of rotatable bonds is 11. The molecule has 4 aromatic rings. The monoisotopic (exact) mass is 611 g/mol. The predicted molar refractivity (Wildman–Crippen MR) is 176 cm³/mol. The molecule has 4 unspecified atom stereocenters. The molecule has 1 aliphatic rings. The van der Waals surface area contributed by atoms with Crippen LogP contribution in [0.15, 0.2) is 84.2 Å². The van der Waals surface area contributed by atoms with Crippen molar-refractivity contribution in [3.63, 3.8) is 0 Å². The summed E-state index contributed by atoms with van der Waals surface area (Å²) in [7, 11) is 4.01. The lowest BCUT2D eigenvalue weighted by Crippen LogP contribution is -2.47. The molecule has 1 aromatic heterocycles. The number of amides is 2. The van der Waals surface area contributed by atoms with Crippen molar-refractivity contribution in [2.45, 2.75) is 57.5 Å². The number of anilines is 1. The number of thiazole rings is 1. The van der Waals surface area contributed by atoms with Gasteiger partial charge in [0, 0.05) is 55.1 Å². The van der Waals surface area contributed by atoms with E-state index in [-0.39, 0.29) is 17.9 Å². The summed E-state index contributed by atoms with van der Waals surface area (Å²) in [6.45, 7) is 4.96. The van der Waals surface area contributed by atoms with Crippen LogP contribution in [-0.4, -0.2) is 59.6 Å². The number of nitrogens with zero attached hydrogens (tertiary/aromatic N) is 3. The number of aryl methyl sites for hydroxylation is 1. The number of hydrogen-bond donors (Lipinski definition) is 3. The standard InChI is InChI=1S/C35H41N5O3S/c1-23-22-44-34(37-23)30-17-10-18-40(30)35(43)28-15-9-14-27(20-28)33(42)38-24(2)32(41)31(26-12-6-5-7-13-26)36-21-25-11-8-16-29(19-25)39(3)4/h5-9,11-16,19-20,22,24,30-32,36,41H,10,17-18,21H2,1-4H3,(H,38,42). The molecule has 4 atom stereocenters. The number of nitrogens with one attached hydrogen (secondary N) is 2. The molecule has 0 radical (unpaired) electrons. The molecule has 3 aromatic carbocycles. The molecule has 0 bridgehead atoms. The Bertz CT molecular complexity index is 1570. The van der Waals surface area contributed by atoms with Crippen molar-refractivity contribution >= 4 is 28.8 Å². The fourth-order valence-electron chi connectivity index (χ4n) is 5.68. The molecule has 44 heavy (non-hydrogen) atoms. The van der Waals surface area contributed by atoms with E-state index in [1.807, 2.05) is 67.7 Å². The van der Waals surface area contributed by atoms with Gasteiger partial charge in [0.25, 0.3) is 11.8 Å². The Labute approximate surface area is 263 Å². The maximum atomic E-state index is 13.6. The van der Waals surface area contributed by atoms with Gasteiger partial charge in [-0.25, -0.2) is 4.98 Å². The molecule has 1 saturated heterocycles. The Morgan fingerprint density at radius 2 is 1.80 bits per heavy atom. The number of benzene rings is 3. The Kier molecular flexibility index (Phi) is 10.1. The van der Waals surface area contributed by atoms with Gasteiger partial charge < -0.3 is 25.5 Å². The van der Waals surface area contributed by atoms with Crippen molar-refractivity contribution in [1.29, 1.82) is 0 Å². The van der Waals surface area contributed by atoms with Crippen LogP contribution in [-0.2, 0) is 6.54 Å². The molecule has 5 rings (SSSR count). The minimum atomic E-state index is -0.921. The van der Waals surface area contributed by atoms with Gasteiger partial charge in [0.2, 0.25) is 0 Å². The maximum Gasteiger partial charge on any atom is 0.254 e. The lowest BCUT2D eigenvalue weighted by Gasteiger charge is -2.30. The van der Waals surface area contributed by atoms with E-state index in [9.17, 15) is 14.7 Å². The van der Waals surface area contributed by atoms with Gasteiger partial charge in [-0.2, -0.15) is 0 Å². The number of carbonyl (C=O) groups excluding carboxylic acids is 2. The summed E-state index contributed by atoms with van der Waals surface area (Å²) in [4.78, 5) is 35.5. The molecule has 0 saturated carbocycles. The third-order valence-corrected chi connectivity index (χ3v) is 9.20. The molecule has 8 nitrogen and oxygen atoms in total.